The van der Waals surface area contributed by atoms with Crippen LogP contribution in [0.1, 0.15) is 22.5 Å². The Balaban J connectivity index is 1.41. The zero-order valence-electron chi connectivity index (χ0n) is 16.3. The molecule has 4 rings (SSSR count). The van der Waals surface area contributed by atoms with Crippen LogP contribution in [-0.4, -0.2) is 28.3 Å². The maximum atomic E-state index is 12.3. The molecule has 2 heterocycles. The van der Waals surface area contributed by atoms with E-state index in [9.17, 15) is 9.59 Å². The Hall–Kier alpha value is -3.65. The molecule has 30 heavy (non-hydrogen) atoms. The highest BCUT2D eigenvalue weighted by Crippen LogP contribution is 2.26. The second-order valence-corrected chi connectivity index (χ2v) is 7.56. The van der Waals surface area contributed by atoms with E-state index in [0.717, 1.165) is 27.7 Å². The van der Waals surface area contributed by atoms with Crippen molar-refractivity contribution in [1.82, 2.24) is 9.38 Å². The first-order chi connectivity index (χ1) is 14.5. The van der Waals surface area contributed by atoms with Crippen LogP contribution < -0.4 is 15.8 Å². The number of aromatic nitrogens is 2. The van der Waals surface area contributed by atoms with Crippen LogP contribution in [0.25, 0.3) is 16.2 Å². The molecule has 0 saturated carbocycles. The molecule has 3 N–H and O–H groups in total. The number of nitrogens with one attached hydrogen (secondary N) is 1. The van der Waals surface area contributed by atoms with Gasteiger partial charge in [-0.25, -0.2) is 4.98 Å². The largest absolute Gasteiger partial charge is 0.497 e. The number of aryl methyl sites for hydroxylation is 1. The van der Waals surface area contributed by atoms with Gasteiger partial charge in [-0.1, -0.05) is 0 Å². The van der Waals surface area contributed by atoms with Crippen molar-refractivity contribution in [3.05, 3.63) is 71.4 Å². The standard InChI is InChI=1S/C22H20N4O3S/c1-29-18-9-4-14(5-10-18)19-12-26-17(13-30-22(26)25-19)8-11-20(27)24-16-6-2-15(3-7-16)21(23)28/h2-7,9-10,12-13H,8,11H2,1H3,(H2,23,28)(H,24,27). The van der Waals surface area contributed by atoms with Crippen molar-refractivity contribution in [2.75, 3.05) is 12.4 Å². The summed E-state index contributed by atoms with van der Waals surface area (Å²) < 4.78 is 7.23. The molecule has 0 unspecified atom stereocenters. The molecule has 0 fully saturated rings. The predicted octanol–water partition coefficient (Wildman–Crippen LogP) is 3.74. The van der Waals surface area contributed by atoms with E-state index in [-0.39, 0.29) is 5.91 Å². The number of fused-ring (bicyclic) bond motifs is 1. The quantitative estimate of drug-likeness (QED) is 0.476. The molecule has 0 radical (unpaired) electrons. The summed E-state index contributed by atoms with van der Waals surface area (Å²) in [6.45, 7) is 0. The maximum absolute atomic E-state index is 12.3. The fourth-order valence-corrected chi connectivity index (χ4v) is 4.00. The van der Waals surface area contributed by atoms with Gasteiger partial charge in [0.25, 0.3) is 0 Å². The van der Waals surface area contributed by atoms with Crippen LogP contribution in [-0.2, 0) is 11.2 Å². The van der Waals surface area contributed by atoms with Gasteiger partial charge in [0.2, 0.25) is 11.8 Å². The molecule has 0 spiro atoms. The number of carbonyl (C=O) groups is 2. The number of primary amides is 1. The van der Waals surface area contributed by atoms with Crippen LogP contribution in [0.4, 0.5) is 5.69 Å². The number of hydrogen-bond acceptors (Lipinski definition) is 5. The Bertz CT molecular complexity index is 1190. The van der Waals surface area contributed by atoms with E-state index < -0.39 is 5.91 Å². The summed E-state index contributed by atoms with van der Waals surface area (Å²) in [5.41, 5.74) is 9.18. The molecule has 7 nitrogen and oxygen atoms in total. The Kier molecular flexibility index (Phi) is 5.49. The molecule has 2 amide bonds. The molecule has 2 aromatic carbocycles. The van der Waals surface area contributed by atoms with Gasteiger partial charge in [0.05, 0.1) is 12.8 Å². The molecule has 0 bridgehead atoms. The van der Waals surface area contributed by atoms with Crippen molar-refractivity contribution in [2.45, 2.75) is 12.8 Å². The number of nitrogens with two attached hydrogens (primary N) is 1. The summed E-state index contributed by atoms with van der Waals surface area (Å²) in [6, 6.07) is 14.3. The molecule has 0 aliphatic heterocycles. The third-order valence-corrected chi connectivity index (χ3v) is 5.62. The minimum Gasteiger partial charge on any atom is -0.497 e. The van der Waals surface area contributed by atoms with Crippen molar-refractivity contribution in [2.24, 2.45) is 5.73 Å². The smallest absolute Gasteiger partial charge is 0.248 e. The van der Waals surface area contributed by atoms with Crippen molar-refractivity contribution in [1.29, 1.82) is 0 Å². The molecule has 0 aliphatic rings. The lowest BCUT2D eigenvalue weighted by atomic mass is 10.1. The lowest BCUT2D eigenvalue weighted by Gasteiger charge is -2.05. The van der Waals surface area contributed by atoms with E-state index >= 15 is 0 Å². The van der Waals surface area contributed by atoms with Gasteiger partial charge in [0, 0.05) is 40.5 Å². The minimum absolute atomic E-state index is 0.100. The number of nitrogens with zero attached hydrogens (tertiary/aromatic N) is 2. The highest BCUT2D eigenvalue weighted by atomic mass is 32.1. The van der Waals surface area contributed by atoms with Crippen LogP contribution >= 0.6 is 11.3 Å². The van der Waals surface area contributed by atoms with E-state index in [1.54, 1.807) is 42.7 Å². The van der Waals surface area contributed by atoms with Crippen molar-refractivity contribution >= 4 is 33.8 Å². The molecular formula is C22H20N4O3S. The average Bonchev–Trinajstić information content (AvgIpc) is 3.34. The molecule has 2 aromatic heterocycles. The summed E-state index contributed by atoms with van der Waals surface area (Å²) in [7, 11) is 1.64. The molecule has 0 saturated heterocycles. The fourth-order valence-electron chi connectivity index (χ4n) is 3.09. The van der Waals surface area contributed by atoms with Gasteiger partial charge in [-0.2, -0.15) is 0 Å². The van der Waals surface area contributed by atoms with Gasteiger partial charge in [-0.05, 0) is 55.0 Å². The number of ether oxygens (including phenoxy) is 1. The van der Waals surface area contributed by atoms with Gasteiger partial charge in [0.1, 0.15) is 5.75 Å². The first kappa shape index (κ1) is 19.7. The van der Waals surface area contributed by atoms with Crippen LogP contribution in [0.3, 0.4) is 0 Å². The monoisotopic (exact) mass is 420 g/mol. The summed E-state index contributed by atoms with van der Waals surface area (Å²) in [4.78, 5) is 29.0. The van der Waals surface area contributed by atoms with Gasteiger partial charge in [-0.3, -0.25) is 14.0 Å². The number of hydrogen-bond donors (Lipinski definition) is 2. The minimum atomic E-state index is -0.497. The van der Waals surface area contributed by atoms with Crippen LogP contribution in [0, 0.1) is 0 Å². The number of thiazole rings is 1. The number of amides is 2. The van der Waals surface area contributed by atoms with Gasteiger partial charge in [0.15, 0.2) is 4.96 Å². The second-order valence-electron chi connectivity index (χ2n) is 6.72. The summed E-state index contributed by atoms with van der Waals surface area (Å²) >= 11 is 1.55. The Labute approximate surface area is 177 Å². The van der Waals surface area contributed by atoms with Gasteiger partial charge >= 0.3 is 0 Å². The topological polar surface area (TPSA) is 98.7 Å². The van der Waals surface area contributed by atoms with E-state index in [1.807, 2.05) is 40.2 Å². The average molecular weight is 420 g/mol. The summed E-state index contributed by atoms with van der Waals surface area (Å²) in [5, 5.41) is 4.86. The Morgan fingerprint density at radius 2 is 1.87 bits per heavy atom. The number of imidazole rings is 1. The normalized spacial score (nSPS) is 10.8. The van der Waals surface area contributed by atoms with Crippen LogP contribution in [0.2, 0.25) is 0 Å². The van der Waals surface area contributed by atoms with E-state index in [1.165, 1.54) is 0 Å². The molecular weight excluding hydrogens is 400 g/mol. The Morgan fingerprint density at radius 3 is 2.53 bits per heavy atom. The molecule has 152 valence electrons. The molecule has 4 aromatic rings. The fraction of sp³-hybridized carbons (Fsp3) is 0.136. The van der Waals surface area contributed by atoms with Gasteiger partial charge in [-0.15, -0.1) is 11.3 Å². The predicted molar refractivity (Wildman–Crippen MR) is 117 cm³/mol. The highest BCUT2D eigenvalue weighted by molar-refractivity contribution is 7.15. The highest BCUT2D eigenvalue weighted by Gasteiger charge is 2.12. The number of benzene rings is 2. The molecule has 0 atom stereocenters. The number of anilines is 1. The maximum Gasteiger partial charge on any atom is 0.248 e. The van der Waals surface area contributed by atoms with E-state index in [4.69, 9.17) is 10.5 Å². The lowest BCUT2D eigenvalue weighted by Crippen LogP contribution is -2.14. The lowest BCUT2D eigenvalue weighted by molar-refractivity contribution is -0.116. The van der Waals surface area contributed by atoms with Crippen LogP contribution in [0.15, 0.2) is 60.1 Å². The van der Waals surface area contributed by atoms with E-state index in [0.29, 0.717) is 24.1 Å². The van der Waals surface area contributed by atoms with Crippen LogP contribution in [0.5, 0.6) is 5.75 Å². The zero-order valence-corrected chi connectivity index (χ0v) is 17.1. The summed E-state index contributed by atoms with van der Waals surface area (Å²) in [5.74, 6) is 0.205. The number of carbonyl (C=O) groups excluding carboxylic acids is 2. The number of rotatable bonds is 7. The SMILES string of the molecule is COc1ccc(-c2cn3c(CCC(=O)Nc4ccc(C(N)=O)cc4)csc3n2)cc1. The summed E-state index contributed by atoms with van der Waals surface area (Å²) in [6.07, 6.45) is 2.91. The first-order valence-electron chi connectivity index (χ1n) is 9.33. The van der Waals surface area contributed by atoms with Gasteiger partial charge < -0.3 is 15.8 Å². The van der Waals surface area contributed by atoms with Crippen molar-refractivity contribution < 1.29 is 14.3 Å². The zero-order chi connectivity index (χ0) is 21.1. The third-order valence-electron chi connectivity index (χ3n) is 4.73. The molecule has 8 heteroatoms. The second kappa shape index (κ2) is 8.38. The molecule has 0 aliphatic carbocycles. The Morgan fingerprint density at radius 1 is 1.13 bits per heavy atom. The van der Waals surface area contributed by atoms with E-state index in [2.05, 4.69) is 10.3 Å². The number of methoxy groups -OCH3 is 1. The van der Waals surface area contributed by atoms with Crippen molar-refractivity contribution in [3.63, 3.8) is 0 Å². The van der Waals surface area contributed by atoms with Crippen molar-refractivity contribution in [3.8, 4) is 17.0 Å². The third kappa shape index (κ3) is 4.18. The first-order valence-corrected chi connectivity index (χ1v) is 10.2.